The van der Waals surface area contributed by atoms with E-state index in [0.29, 0.717) is 0 Å². The van der Waals surface area contributed by atoms with Crippen LogP contribution < -0.4 is 10.5 Å². The highest BCUT2D eigenvalue weighted by Crippen LogP contribution is 2.21. The molecule has 2 aromatic rings. The van der Waals surface area contributed by atoms with Gasteiger partial charge in [-0.1, -0.05) is 56.7 Å². The molecule has 4 nitrogen and oxygen atoms in total. The summed E-state index contributed by atoms with van der Waals surface area (Å²) in [6.07, 6.45) is 1.89. The molecule has 0 spiro atoms. The lowest BCUT2D eigenvalue weighted by molar-refractivity contribution is 0.524. The lowest BCUT2D eigenvalue weighted by Crippen LogP contribution is -2.36. The molecule has 134 valence electrons. The molecular formula is C18H27ClN2O2S. The highest BCUT2D eigenvalue weighted by Gasteiger charge is 2.20. The first-order valence-electron chi connectivity index (χ1n) is 8.14. The summed E-state index contributed by atoms with van der Waals surface area (Å²) in [5, 5.41) is 2.22. The molecule has 0 saturated heterocycles. The highest BCUT2D eigenvalue weighted by atomic mass is 35.5. The summed E-state index contributed by atoms with van der Waals surface area (Å²) in [4.78, 5) is 0. The number of nitrogens with one attached hydrogen (secondary N) is 1. The lowest BCUT2D eigenvalue weighted by Gasteiger charge is -2.19. The van der Waals surface area contributed by atoms with Crippen molar-refractivity contribution < 1.29 is 8.42 Å². The summed E-state index contributed by atoms with van der Waals surface area (Å²) in [5.74, 6) is 0.290. The van der Waals surface area contributed by atoms with Gasteiger partial charge >= 0.3 is 0 Å². The summed E-state index contributed by atoms with van der Waals surface area (Å²) in [6.45, 7) is 4.27. The van der Waals surface area contributed by atoms with Crippen molar-refractivity contribution >= 4 is 33.2 Å². The summed E-state index contributed by atoms with van der Waals surface area (Å²) in [5.41, 5.74) is 6.72. The average Bonchev–Trinajstić information content (AvgIpc) is 2.52. The summed E-state index contributed by atoms with van der Waals surface area (Å²) >= 11 is 0. The van der Waals surface area contributed by atoms with Gasteiger partial charge in [0.05, 0.1) is 11.8 Å². The topological polar surface area (TPSA) is 72.2 Å². The largest absolute Gasteiger partial charge is 0.329 e. The highest BCUT2D eigenvalue weighted by molar-refractivity contribution is 7.89. The predicted molar refractivity (Wildman–Crippen MR) is 104 cm³/mol. The van der Waals surface area contributed by atoms with Gasteiger partial charge in [-0.3, -0.25) is 0 Å². The first-order valence-corrected chi connectivity index (χ1v) is 9.79. The first-order chi connectivity index (χ1) is 10.9. The molecule has 6 heteroatoms. The van der Waals surface area contributed by atoms with Gasteiger partial charge in [-0.05, 0) is 34.7 Å². The van der Waals surface area contributed by atoms with Crippen LogP contribution in [0.3, 0.4) is 0 Å². The molecule has 0 fully saturated rings. The Balaban J connectivity index is 0.00000288. The maximum atomic E-state index is 12.4. The van der Waals surface area contributed by atoms with Crippen LogP contribution in [-0.4, -0.2) is 20.7 Å². The predicted octanol–water partition coefficient (Wildman–Crippen LogP) is 3.62. The smallest absolute Gasteiger partial charge is 0.212 e. The van der Waals surface area contributed by atoms with E-state index >= 15 is 0 Å². The SMILES string of the molecule is CCCC(C)CS(=O)(=O)NC(CN)c1ccc2ccccc2c1.Cl. The number of fused-ring (bicyclic) bond motifs is 1. The fraction of sp³-hybridized carbons (Fsp3) is 0.444. The van der Waals surface area contributed by atoms with Crippen LogP contribution in [0.25, 0.3) is 10.8 Å². The minimum absolute atomic E-state index is 0. The average molecular weight is 371 g/mol. The third kappa shape index (κ3) is 5.74. The monoisotopic (exact) mass is 370 g/mol. The maximum absolute atomic E-state index is 12.4. The van der Waals surface area contributed by atoms with Crippen molar-refractivity contribution in [3.63, 3.8) is 0 Å². The van der Waals surface area contributed by atoms with Crippen LogP contribution >= 0.6 is 12.4 Å². The molecule has 2 unspecified atom stereocenters. The van der Waals surface area contributed by atoms with E-state index in [-0.39, 0.29) is 30.6 Å². The Kier molecular flexibility index (Phi) is 8.16. The van der Waals surface area contributed by atoms with Crippen LogP contribution in [0.5, 0.6) is 0 Å². The minimum Gasteiger partial charge on any atom is -0.329 e. The fourth-order valence-electron chi connectivity index (χ4n) is 2.89. The van der Waals surface area contributed by atoms with Crippen molar-refractivity contribution in [2.24, 2.45) is 11.7 Å². The van der Waals surface area contributed by atoms with Crippen LogP contribution in [-0.2, 0) is 10.0 Å². The number of nitrogens with two attached hydrogens (primary N) is 1. The second kappa shape index (κ2) is 9.37. The summed E-state index contributed by atoms with van der Waals surface area (Å²) < 4.78 is 27.5. The molecule has 0 amide bonds. The van der Waals surface area contributed by atoms with Crippen molar-refractivity contribution in [3.05, 3.63) is 48.0 Å². The van der Waals surface area contributed by atoms with E-state index in [0.717, 1.165) is 29.2 Å². The van der Waals surface area contributed by atoms with E-state index in [1.807, 2.05) is 49.4 Å². The van der Waals surface area contributed by atoms with Gasteiger partial charge in [0, 0.05) is 6.54 Å². The zero-order valence-corrected chi connectivity index (χ0v) is 15.9. The Hall–Kier alpha value is -1.14. The number of halogens is 1. The molecule has 0 aliphatic heterocycles. The Morgan fingerprint density at radius 2 is 1.79 bits per heavy atom. The van der Waals surface area contributed by atoms with Gasteiger partial charge in [-0.2, -0.15) is 0 Å². The van der Waals surface area contributed by atoms with E-state index < -0.39 is 16.1 Å². The van der Waals surface area contributed by atoms with Crippen LogP contribution in [0.2, 0.25) is 0 Å². The summed E-state index contributed by atoms with van der Waals surface area (Å²) in [7, 11) is -3.35. The quantitative estimate of drug-likeness (QED) is 0.745. The van der Waals surface area contributed by atoms with Crippen LogP contribution in [0.4, 0.5) is 0 Å². The summed E-state index contributed by atoms with van der Waals surface area (Å²) in [6, 6.07) is 13.6. The number of sulfonamides is 1. The van der Waals surface area contributed by atoms with Gasteiger partial charge in [0.1, 0.15) is 0 Å². The molecule has 0 bridgehead atoms. The van der Waals surface area contributed by atoms with Gasteiger partial charge in [-0.15, -0.1) is 12.4 Å². The molecule has 0 saturated carbocycles. The molecule has 0 aliphatic rings. The first kappa shape index (κ1) is 20.9. The van der Waals surface area contributed by atoms with Crippen LogP contribution in [0.15, 0.2) is 42.5 Å². The van der Waals surface area contributed by atoms with E-state index in [4.69, 9.17) is 5.73 Å². The molecule has 0 aliphatic carbocycles. The van der Waals surface area contributed by atoms with Crippen molar-refractivity contribution in [1.29, 1.82) is 0 Å². The molecule has 0 aromatic heterocycles. The van der Waals surface area contributed by atoms with Crippen molar-refractivity contribution in [3.8, 4) is 0 Å². The van der Waals surface area contributed by atoms with Gasteiger partial charge < -0.3 is 5.73 Å². The second-order valence-electron chi connectivity index (χ2n) is 6.19. The zero-order valence-electron chi connectivity index (χ0n) is 14.2. The molecule has 2 atom stereocenters. The minimum atomic E-state index is -3.35. The van der Waals surface area contributed by atoms with Crippen molar-refractivity contribution in [2.45, 2.75) is 32.7 Å². The van der Waals surface area contributed by atoms with Crippen LogP contribution in [0, 0.1) is 5.92 Å². The molecule has 3 N–H and O–H groups in total. The number of hydrogen-bond donors (Lipinski definition) is 2. The van der Waals surface area contributed by atoms with E-state index in [9.17, 15) is 8.42 Å². The van der Waals surface area contributed by atoms with E-state index in [1.165, 1.54) is 0 Å². The molecule has 0 radical (unpaired) electrons. The Morgan fingerprint density at radius 1 is 1.12 bits per heavy atom. The number of rotatable bonds is 8. The third-order valence-corrected chi connectivity index (χ3v) is 5.67. The Bertz CT molecular complexity index is 750. The lowest BCUT2D eigenvalue weighted by atomic mass is 10.0. The van der Waals surface area contributed by atoms with E-state index in [1.54, 1.807) is 0 Å². The molecule has 24 heavy (non-hydrogen) atoms. The van der Waals surface area contributed by atoms with E-state index in [2.05, 4.69) is 11.6 Å². The number of benzene rings is 2. The van der Waals surface area contributed by atoms with Crippen molar-refractivity contribution in [2.75, 3.05) is 12.3 Å². The Morgan fingerprint density at radius 3 is 2.42 bits per heavy atom. The zero-order chi connectivity index (χ0) is 16.9. The molecule has 0 heterocycles. The number of hydrogen-bond acceptors (Lipinski definition) is 3. The standard InChI is InChI=1S/C18H26N2O2S.ClH/c1-3-6-14(2)13-23(21,22)20-18(12-19)17-10-9-15-7-4-5-8-16(15)11-17;/h4-5,7-11,14,18,20H,3,6,12-13,19H2,1-2H3;1H. The molecular weight excluding hydrogens is 344 g/mol. The van der Waals surface area contributed by atoms with Gasteiger partial charge in [0.25, 0.3) is 0 Å². The van der Waals surface area contributed by atoms with Gasteiger partial charge in [-0.25, -0.2) is 13.1 Å². The third-order valence-electron chi connectivity index (χ3n) is 4.02. The molecule has 2 rings (SSSR count). The normalized spacial score (nSPS) is 14.1. The fourth-order valence-corrected chi connectivity index (χ4v) is 4.57. The van der Waals surface area contributed by atoms with Crippen molar-refractivity contribution in [1.82, 2.24) is 4.72 Å². The second-order valence-corrected chi connectivity index (χ2v) is 7.99. The van der Waals surface area contributed by atoms with Gasteiger partial charge in [0.2, 0.25) is 10.0 Å². The Labute approximate surface area is 151 Å². The molecule has 2 aromatic carbocycles. The van der Waals surface area contributed by atoms with Gasteiger partial charge in [0.15, 0.2) is 0 Å². The maximum Gasteiger partial charge on any atom is 0.212 e. The van der Waals surface area contributed by atoms with Crippen LogP contribution in [0.1, 0.15) is 38.3 Å².